The number of nitro benzene ring substituents is 1. The van der Waals surface area contributed by atoms with Crippen molar-refractivity contribution in [3.63, 3.8) is 0 Å². The number of para-hydroxylation sites is 1. The van der Waals surface area contributed by atoms with Gasteiger partial charge in [0.2, 0.25) is 5.78 Å². The molecular formula is C23H16N2O6. The van der Waals surface area contributed by atoms with Gasteiger partial charge in [-0.3, -0.25) is 19.7 Å². The lowest BCUT2D eigenvalue weighted by Crippen LogP contribution is -2.14. The van der Waals surface area contributed by atoms with E-state index in [1.165, 1.54) is 31.4 Å². The molecule has 154 valence electrons. The molecule has 3 aromatic carbocycles. The highest BCUT2D eigenvalue weighted by atomic mass is 16.6. The van der Waals surface area contributed by atoms with E-state index in [9.17, 15) is 19.7 Å². The molecule has 0 saturated heterocycles. The van der Waals surface area contributed by atoms with Gasteiger partial charge in [0.05, 0.1) is 17.7 Å². The largest absolute Gasteiger partial charge is 0.497 e. The highest BCUT2D eigenvalue weighted by Crippen LogP contribution is 2.33. The number of ether oxygens (including phenoxy) is 1. The fourth-order valence-electron chi connectivity index (χ4n) is 3.17. The van der Waals surface area contributed by atoms with Crippen molar-refractivity contribution in [1.29, 1.82) is 0 Å². The maximum Gasteiger partial charge on any atom is 0.270 e. The zero-order valence-electron chi connectivity index (χ0n) is 16.3. The van der Waals surface area contributed by atoms with Crippen LogP contribution in [0.2, 0.25) is 0 Å². The van der Waals surface area contributed by atoms with Gasteiger partial charge in [0.15, 0.2) is 5.76 Å². The Bertz CT molecular complexity index is 1320. The van der Waals surface area contributed by atoms with E-state index in [1.807, 2.05) is 0 Å². The average molecular weight is 416 g/mol. The summed E-state index contributed by atoms with van der Waals surface area (Å²) in [7, 11) is 1.50. The molecule has 1 heterocycles. The lowest BCUT2D eigenvalue weighted by molar-refractivity contribution is -0.384. The minimum Gasteiger partial charge on any atom is -0.497 e. The molecule has 1 aromatic heterocycles. The Balaban J connectivity index is 1.76. The van der Waals surface area contributed by atoms with Crippen molar-refractivity contribution in [3.05, 3.63) is 99.8 Å². The van der Waals surface area contributed by atoms with Crippen molar-refractivity contribution in [1.82, 2.24) is 0 Å². The van der Waals surface area contributed by atoms with Gasteiger partial charge in [0.25, 0.3) is 11.6 Å². The molecular weight excluding hydrogens is 400 g/mol. The molecule has 4 rings (SSSR count). The van der Waals surface area contributed by atoms with Gasteiger partial charge in [-0.15, -0.1) is 0 Å². The van der Waals surface area contributed by atoms with E-state index in [2.05, 4.69) is 5.32 Å². The summed E-state index contributed by atoms with van der Waals surface area (Å²) in [6, 6.07) is 18.8. The third-order valence-electron chi connectivity index (χ3n) is 4.69. The van der Waals surface area contributed by atoms with Crippen LogP contribution in [0.4, 0.5) is 11.4 Å². The minimum absolute atomic E-state index is 0.0479. The maximum absolute atomic E-state index is 13.2. The van der Waals surface area contributed by atoms with Gasteiger partial charge in [-0.2, -0.15) is 0 Å². The number of rotatable bonds is 6. The number of hydrogen-bond acceptors (Lipinski definition) is 6. The second-order valence-electron chi connectivity index (χ2n) is 6.62. The number of methoxy groups -OCH3 is 1. The van der Waals surface area contributed by atoms with Crippen LogP contribution in [0.15, 0.2) is 77.2 Å². The third kappa shape index (κ3) is 3.86. The molecule has 0 atom stereocenters. The molecule has 0 aliphatic carbocycles. The van der Waals surface area contributed by atoms with Gasteiger partial charge in [0, 0.05) is 28.6 Å². The molecule has 0 aliphatic rings. The van der Waals surface area contributed by atoms with Crippen LogP contribution < -0.4 is 10.1 Å². The Kier molecular flexibility index (Phi) is 5.19. The SMILES string of the molecule is COc1cccc(C(=O)c2oc3ccccc3c2NC(=O)c2cccc([N+](=O)[O-])c2)c1. The first-order chi connectivity index (χ1) is 15.0. The van der Waals surface area contributed by atoms with Crippen molar-refractivity contribution in [2.45, 2.75) is 0 Å². The number of benzene rings is 3. The molecule has 31 heavy (non-hydrogen) atoms. The first-order valence-corrected chi connectivity index (χ1v) is 9.24. The van der Waals surface area contributed by atoms with Gasteiger partial charge in [-0.25, -0.2) is 0 Å². The molecule has 8 heteroatoms. The number of carbonyl (C=O) groups is 2. The Morgan fingerprint density at radius 1 is 0.968 bits per heavy atom. The predicted octanol–water partition coefficient (Wildman–Crippen LogP) is 4.83. The zero-order chi connectivity index (χ0) is 22.0. The van der Waals surface area contributed by atoms with Crippen LogP contribution in [0.5, 0.6) is 5.75 Å². The number of non-ortho nitro benzene ring substituents is 1. The van der Waals surface area contributed by atoms with E-state index in [-0.39, 0.29) is 22.7 Å². The normalized spacial score (nSPS) is 10.6. The van der Waals surface area contributed by atoms with Crippen LogP contribution in [0.1, 0.15) is 26.5 Å². The highest BCUT2D eigenvalue weighted by molar-refractivity contribution is 6.19. The smallest absolute Gasteiger partial charge is 0.270 e. The molecule has 4 aromatic rings. The van der Waals surface area contributed by atoms with E-state index in [1.54, 1.807) is 48.5 Å². The molecule has 8 nitrogen and oxygen atoms in total. The highest BCUT2D eigenvalue weighted by Gasteiger charge is 2.24. The molecule has 0 bridgehead atoms. The molecule has 0 unspecified atom stereocenters. The van der Waals surface area contributed by atoms with Gasteiger partial charge < -0.3 is 14.5 Å². The molecule has 0 saturated carbocycles. The topological polar surface area (TPSA) is 112 Å². The van der Waals surface area contributed by atoms with Crippen molar-refractivity contribution in [2.24, 2.45) is 0 Å². The first kappa shape index (κ1) is 19.8. The van der Waals surface area contributed by atoms with Crippen LogP contribution in [-0.2, 0) is 0 Å². The number of anilines is 1. The van der Waals surface area contributed by atoms with Gasteiger partial charge in [0.1, 0.15) is 11.3 Å². The fourth-order valence-corrected chi connectivity index (χ4v) is 3.17. The number of carbonyl (C=O) groups excluding carboxylic acids is 2. The quantitative estimate of drug-likeness (QED) is 0.274. The molecule has 1 N–H and O–H groups in total. The summed E-state index contributed by atoms with van der Waals surface area (Å²) >= 11 is 0. The van der Waals surface area contributed by atoms with Crippen molar-refractivity contribution in [3.8, 4) is 5.75 Å². The first-order valence-electron chi connectivity index (χ1n) is 9.24. The van der Waals surface area contributed by atoms with Crippen LogP contribution >= 0.6 is 0 Å². The lowest BCUT2D eigenvalue weighted by Gasteiger charge is -2.07. The summed E-state index contributed by atoms with van der Waals surface area (Å²) in [5.74, 6) is -0.586. The maximum atomic E-state index is 13.2. The summed E-state index contributed by atoms with van der Waals surface area (Å²) < 4.78 is 10.9. The Hall–Kier alpha value is -4.46. The van der Waals surface area contributed by atoms with E-state index >= 15 is 0 Å². The fraction of sp³-hybridized carbons (Fsp3) is 0.0435. The Labute approximate surface area is 176 Å². The van der Waals surface area contributed by atoms with E-state index in [4.69, 9.17) is 9.15 Å². The van der Waals surface area contributed by atoms with Crippen LogP contribution in [-0.4, -0.2) is 23.7 Å². The van der Waals surface area contributed by atoms with Crippen molar-refractivity contribution >= 4 is 34.0 Å². The predicted molar refractivity (Wildman–Crippen MR) is 114 cm³/mol. The second kappa shape index (κ2) is 8.11. The molecule has 0 fully saturated rings. The second-order valence-corrected chi connectivity index (χ2v) is 6.62. The lowest BCUT2D eigenvalue weighted by atomic mass is 10.1. The summed E-state index contributed by atoms with van der Waals surface area (Å²) in [6.07, 6.45) is 0. The van der Waals surface area contributed by atoms with Crippen molar-refractivity contribution in [2.75, 3.05) is 12.4 Å². The monoisotopic (exact) mass is 416 g/mol. The molecule has 0 radical (unpaired) electrons. The number of fused-ring (bicyclic) bond motifs is 1. The van der Waals surface area contributed by atoms with Gasteiger partial charge in [-0.1, -0.05) is 30.3 Å². The standard InChI is InChI=1S/C23H16N2O6/c1-30-17-9-5-6-14(13-17)21(26)22-20(18-10-2-3-11-19(18)31-22)24-23(27)15-7-4-8-16(12-15)25(28)29/h2-13H,1H3,(H,24,27). The van der Waals surface area contributed by atoms with Gasteiger partial charge in [-0.05, 0) is 30.3 Å². The number of nitrogens with zero attached hydrogens (tertiary/aromatic N) is 1. The minimum atomic E-state index is -0.602. The van der Waals surface area contributed by atoms with E-state index < -0.39 is 16.6 Å². The molecule has 1 amide bonds. The number of ketones is 1. The van der Waals surface area contributed by atoms with E-state index in [0.29, 0.717) is 22.3 Å². The van der Waals surface area contributed by atoms with E-state index in [0.717, 1.165) is 0 Å². The third-order valence-corrected chi connectivity index (χ3v) is 4.69. The van der Waals surface area contributed by atoms with Crippen LogP contribution in [0.25, 0.3) is 11.0 Å². The molecule has 0 aliphatic heterocycles. The number of hydrogen-bond donors (Lipinski definition) is 1. The molecule has 0 spiro atoms. The number of furan rings is 1. The van der Waals surface area contributed by atoms with Crippen LogP contribution in [0.3, 0.4) is 0 Å². The summed E-state index contributed by atoms with van der Waals surface area (Å²) in [4.78, 5) is 36.5. The zero-order valence-corrected chi connectivity index (χ0v) is 16.3. The summed E-state index contributed by atoms with van der Waals surface area (Å²) in [6.45, 7) is 0. The number of amides is 1. The number of nitro groups is 1. The summed E-state index contributed by atoms with van der Waals surface area (Å²) in [5.41, 5.74) is 0.809. The Morgan fingerprint density at radius 3 is 2.48 bits per heavy atom. The average Bonchev–Trinajstić information content (AvgIpc) is 3.17. The number of nitrogens with one attached hydrogen (secondary N) is 1. The Morgan fingerprint density at radius 2 is 1.71 bits per heavy atom. The van der Waals surface area contributed by atoms with Gasteiger partial charge >= 0.3 is 0 Å². The van der Waals surface area contributed by atoms with Crippen LogP contribution in [0, 0.1) is 10.1 Å². The summed E-state index contributed by atoms with van der Waals surface area (Å²) in [5, 5.41) is 14.2. The van der Waals surface area contributed by atoms with Crippen molar-refractivity contribution < 1.29 is 23.7 Å².